The zero-order valence-electron chi connectivity index (χ0n) is 21.8. The van der Waals surface area contributed by atoms with Gasteiger partial charge in [-0.2, -0.15) is 0 Å². The second kappa shape index (κ2) is 13.1. The van der Waals surface area contributed by atoms with Crippen LogP contribution in [0.4, 0.5) is 0 Å². The largest absolute Gasteiger partial charge is 0.480 e. The number of carboxylic acid groups (broad SMARTS) is 1. The number of nitrogens with two attached hydrogens (primary N) is 1. The topological polar surface area (TPSA) is 183 Å². The van der Waals surface area contributed by atoms with Crippen molar-refractivity contribution in [2.75, 3.05) is 26.7 Å². The van der Waals surface area contributed by atoms with E-state index < -0.39 is 54.7 Å². The van der Waals surface area contributed by atoms with E-state index in [-0.39, 0.29) is 30.9 Å². The molecule has 2 aromatic rings. The van der Waals surface area contributed by atoms with Gasteiger partial charge < -0.3 is 30.7 Å². The molecular formula is C28H29N5O7. The minimum atomic E-state index is -1.31. The SMILES string of the molecule is C#Cc1ccc(C[C@H](NC(=O)c2ccc(C(=N)N)cc2)C(=O)N2CCN(CC(=O)O)C(=O)[C@@H]2CC(=O)OC)cc1. The molecule has 1 saturated heterocycles. The van der Waals surface area contributed by atoms with Gasteiger partial charge in [0.05, 0.1) is 13.5 Å². The number of benzene rings is 2. The predicted octanol–water partition coefficient (Wildman–Crippen LogP) is -0.0198. The van der Waals surface area contributed by atoms with Gasteiger partial charge in [-0.3, -0.25) is 29.4 Å². The minimum absolute atomic E-state index is 0.0371. The Kier molecular flexibility index (Phi) is 9.59. The number of nitrogens with one attached hydrogen (secondary N) is 2. The zero-order valence-corrected chi connectivity index (χ0v) is 21.8. The lowest BCUT2D eigenvalue weighted by atomic mass is 10.00. The lowest BCUT2D eigenvalue weighted by molar-refractivity contribution is -0.159. The molecule has 40 heavy (non-hydrogen) atoms. The van der Waals surface area contributed by atoms with E-state index in [0.717, 1.165) is 12.0 Å². The smallest absolute Gasteiger partial charge is 0.323 e. The molecule has 0 spiro atoms. The third-order valence-corrected chi connectivity index (χ3v) is 6.40. The highest BCUT2D eigenvalue weighted by atomic mass is 16.5. The number of esters is 1. The third-order valence-electron chi connectivity index (χ3n) is 6.40. The summed E-state index contributed by atoms with van der Waals surface area (Å²) in [5.74, 6) is -1.59. The first kappa shape index (κ1) is 29.4. The van der Waals surface area contributed by atoms with E-state index in [9.17, 15) is 29.1 Å². The van der Waals surface area contributed by atoms with Crippen molar-refractivity contribution >= 4 is 35.5 Å². The van der Waals surface area contributed by atoms with Gasteiger partial charge in [-0.1, -0.05) is 30.2 Å². The second-order valence-corrected chi connectivity index (χ2v) is 9.04. The van der Waals surface area contributed by atoms with Gasteiger partial charge in [0.2, 0.25) is 11.8 Å². The van der Waals surface area contributed by atoms with Crippen LogP contribution in [0.5, 0.6) is 0 Å². The number of amides is 3. The van der Waals surface area contributed by atoms with Gasteiger partial charge in [0, 0.05) is 36.2 Å². The van der Waals surface area contributed by atoms with Crippen molar-refractivity contribution in [2.45, 2.75) is 24.9 Å². The number of carboxylic acids is 1. The van der Waals surface area contributed by atoms with Crippen LogP contribution < -0.4 is 11.1 Å². The summed E-state index contributed by atoms with van der Waals surface area (Å²) < 4.78 is 4.70. The molecule has 0 unspecified atom stereocenters. The average molecular weight is 548 g/mol. The molecule has 3 rings (SSSR count). The Hall–Kier alpha value is -5.18. The fraction of sp³-hybridized carbons (Fsp3) is 0.286. The molecule has 1 heterocycles. The van der Waals surface area contributed by atoms with E-state index in [0.29, 0.717) is 16.7 Å². The molecule has 0 aliphatic carbocycles. The third kappa shape index (κ3) is 7.22. The van der Waals surface area contributed by atoms with Crippen LogP contribution in [-0.2, 0) is 30.3 Å². The van der Waals surface area contributed by atoms with Gasteiger partial charge in [-0.15, -0.1) is 6.42 Å². The van der Waals surface area contributed by atoms with Gasteiger partial charge in [0.15, 0.2) is 0 Å². The Bertz CT molecular complexity index is 1350. The lowest BCUT2D eigenvalue weighted by Gasteiger charge is -2.41. The van der Waals surface area contributed by atoms with Gasteiger partial charge >= 0.3 is 11.9 Å². The summed E-state index contributed by atoms with van der Waals surface area (Å²) in [5, 5.41) is 19.4. The van der Waals surface area contributed by atoms with Crippen LogP contribution in [0.25, 0.3) is 0 Å². The number of amidine groups is 1. The molecule has 0 bridgehead atoms. The van der Waals surface area contributed by atoms with Crippen LogP contribution in [0.15, 0.2) is 48.5 Å². The van der Waals surface area contributed by atoms with Crippen LogP contribution in [0.2, 0.25) is 0 Å². The van der Waals surface area contributed by atoms with Crippen LogP contribution in [0, 0.1) is 17.8 Å². The molecule has 0 saturated carbocycles. The highest BCUT2D eigenvalue weighted by Crippen LogP contribution is 2.19. The molecule has 12 nitrogen and oxygen atoms in total. The first-order valence-corrected chi connectivity index (χ1v) is 12.2. The second-order valence-electron chi connectivity index (χ2n) is 9.04. The summed E-state index contributed by atoms with van der Waals surface area (Å²) in [7, 11) is 1.14. The number of hydrogen-bond acceptors (Lipinski definition) is 7. The molecule has 1 aliphatic heterocycles. The monoisotopic (exact) mass is 547 g/mol. The molecule has 208 valence electrons. The molecular weight excluding hydrogens is 518 g/mol. The van der Waals surface area contributed by atoms with Crippen LogP contribution in [-0.4, -0.2) is 89.2 Å². The Labute approximate surface area is 230 Å². The highest BCUT2D eigenvalue weighted by Gasteiger charge is 2.41. The van der Waals surface area contributed by atoms with Crippen molar-refractivity contribution < 1.29 is 33.8 Å². The first-order valence-electron chi connectivity index (χ1n) is 12.2. The maximum Gasteiger partial charge on any atom is 0.323 e. The summed E-state index contributed by atoms with van der Waals surface area (Å²) in [6, 6.07) is 10.3. The van der Waals surface area contributed by atoms with Crippen molar-refractivity contribution in [3.05, 3.63) is 70.8 Å². The van der Waals surface area contributed by atoms with Gasteiger partial charge in [0.1, 0.15) is 24.5 Å². The molecule has 1 aliphatic rings. The maximum absolute atomic E-state index is 13.9. The number of nitrogen functional groups attached to an aromatic ring is 1. The number of methoxy groups -OCH3 is 1. The van der Waals surface area contributed by atoms with Crippen LogP contribution in [0.3, 0.4) is 0 Å². The van der Waals surface area contributed by atoms with E-state index in [1.54, 1.807) is 24.3 Å². The molecule has 2 atom stereocenters. The number of ether oxygens (including phenoxy) is 1. The fourth-order valence-corrected chi connectivity index (χ4v) is 4.28. The van der Waals surface area contributed by atoms with Crippen molar-refractivity contribution in [3.8, 4) is 12.3 Å². The van der Waals surface area contributed by atoms with Crippen LogP contribution in [0.1, 0.15) is 33.5 Å². The number of piperazine rings is 1. The van der Waals surface area contributed by atoms with E-state index >= 15 is 0 Å². The molecule has 12 heteroatoms. The fourth-order valence-electron chi connectivity index (χ4n) is 4.28. The van der Waals surface area contributed by atoms with E-state index in [4.69, 9.17) is 22.3 Å². The summed E-state index contributed by atoms with van der Waals surface area (Å²) in [5.41, 5.74) is 7.40. The lowest BCUT2D eigenvalue weighted by Crippen LogP contribution is -2.63. The Morgan fingerprint density at radius 3 is 2.30 bits per heavy atom. The van der Waals surface area contributed by atoms with Crippen molar-refractivity contribution in [2.24, 2.45) is 5.73 Å². The maximum atomic E-state index is 13.9. The number of nitrogens with zero attached hydrogens (tertiary/aromatic N) is 2. The first-order chi connectivity index (χ1) is 19.0. The zero-order chi connectivity index (χ0) is 29.4. The standard InChI is InChI=1S/C28H29N5O7/c1-3-17-4-6-18(7-5-17)14-21(31-26(37)20-10-8-19(9-11-20)25(29)30)27(38)33-13-12-32(16-23(34)35)28(39)22(33)15-24(36)40-2/h1,4-11,21-22H,12-16H2,2H3,(H3,29,30)(H,31,37)(H,34,35)/t21-,22-/m0/s1. The molecule has 2 aromatic carbocycles. The van der Waals surface area contributed by atoms with E-state index in [2.05, 4.69) is 11.2 Å². The number of hydrogen-bond donors (Lipinski definition) is 4. The highest BCUT2D eigenvalue weighted by molar-refractivity contribution is 6.01. The molecule has 5 N–H and O–H groups in total. The Morgan fingerprint density at radius 1 is 1.12 bits per heavy atom. The van der Waals surface area contributed by atoms with Crippen molar-refractivity contribution in [1.29, 1.82) is 5.41 Å². The molecule has 3 amide bonds. The summed E-state index contributed by atoms with van der Waals surface area (Å²) in [6.07, 6.45) is 4.98. The predicted molar refractivity (Wildman–Crippen MR) is 143 cm³/mol. The molecule has 0 aromatic heterocycles. The number of aliphatic carboxylic acids is 1. The van der Waals surface area contributed by atoms with E-state index in [1.165, 1.54) is 29.2 Å². The Morgan fingerprint density at radius 2 is 1.75 bits per heavy atom. The molecule has 1 fully saturated rings. The summed E-state index contributed by atoms with van der Waals surface area (Å²) in [4.78, 5) is 65.8. The van der Waals surface area contributed by atoms with Gasteiger partial charge in [0.25, 0.3) is 5.91 Å². The van der Waals surface area contributed by atoms with Crippen LogP contribution >= 0.6 is 0 Å². The Balaban J connectivity index is 1.92. The normalized spacial score (nSPS) is 15.5. The van der Waals surface area contributed by atoms with Gasteiger partial charge in [-0.05, 0) is 29.8 Å². The summed E-state index contributed by atoms with van der Waals surface area (Å²) in [6.45, 7) is -0.718. The quantitative estimate of drug-likeness (QED) is 0.138. The average Bonchev–Trinajstić information content (AvgIpc) is 2.94. The van der Waals surface area contributed by atoms with Crippen molar-refractivity contribution in [3.63, 3.8) is 0 Å². The van der Waals surface area contributed by atoms with E-state index in [1.807, 2.05) is 0 Å². The van der Waals surface area contributed by atoms with Crippen molar-refractivity contribution in [1.82, 2.24) is 15.1 Å². The molecule has 0 radical (unpaired) electrons. The van der Waals surface area contributed by atoms with Gasteiger partial charge in [-0.25, -0.2) is 0 Å². The number of carbonyl (C=O) groups is 5. The minimum Gasteiger partial charge on any atom is -0.480 e. The number of rotatable bonds is 10. The summed E-state index contributed by atoms with van der Waals surface area (Å²) >= 11 is 0. The number of carbonyl (C=O) groups excluding carboxylic acids is 4. The number of terminal acetylenes is 1.